The third-order valence-corrected chi connectivity index (χ3v) is 6.33. The van der Waals surface area contributed by atoms with Crippen LogP contribution >= 0.6 is 0 Å². The van der Waals surface area contributed by atoms with Gasteiger partial charge in [0, 0.05) is 24.0 Å². The smallest absolute Gasteiger partial charge is 0.150 e. The molecule has 0 amide bonds. The minimum atomic E-state index is -2.85. The number of sulfone groups is 1. The zero-order valence-electron chi connectivity index (χ0n) is 12.7. The van der Waals surface area contributed by atoms with Gasteiger partial charge in [-0.15, -0.1) is 0 Å². The highest BCUT2D eigenvalue weighted by atomic mass is 32.2. The molecule has 118 valence electrons. The lowest BCUT2D eigenvalue weighted by Crippen LogP contribution is -2.25. The summed E-state index contributed by atoms with van der Waals surface area (Å²) in [5, 5.41) is 2.36. The Bertz CT molecular complexity index is 941. The molecule has 0 spiro atoms. The molecule has 0 saturated carbocycles. The first-order valence-corrected chi connectivity index (χ1v) is 9.68. The molecular weight excluding hydrogens is 308 g/mol. The molecule has 1 aliphatic heterocycles. The fourth-order valence-electron chi connectivity index (χ4n) is 3.39. The zero-order valence-corrected chi connectivity index (χ0v) is 13.5. The van der Waals surface area contributed by atoms with Gasteiger partial charge in [-0.25, -0.2) is 13.4 Å². The lowest BCUT2D eigenvalue weighted by Gasteiger charge is -2.25. The topological polar surface area (TPSA) is 52.0 Å². The molecule has 23 heavy (non-hydrogen) atoms. The van der Waals surface area contributed by atoms with Gasteiger partial charge in [0.15, 0.2) is 0 Å². The summed E-state index contributed by atoms with van der Waals surface area (Å²) in [6.45, 7) is 0. The van der Waals surface area contributed by atoms with E-state index in [0.29, 0.717) is 12.8 Å². The summed E-state index contributed by atoms with van der Waals surface area (Å²) >= 11 is 0. The Morgan fingerprint density at radius 1 is 1.00 bits per heavy atom. The molecule has 0 N–H and O–H groups in total. The molecule has 2 heterocycles. The number of rotatable bonds is 2. The van der Waals surface area contributed by atoms with E-state index in [4.69, 9.17) is 0 Å². The van der Waals surface area contributed by atoms with Crippen molar-refractivity contribution in [3.63, 3.8) is 0 Å². The maximum Gasteiger partial charge on any atom is 0.150 e. The minimum absolute atomic E-state index is 0.204. The van der Waals surface area contributed by atoms with Crippen LogP contribution in [0.2, 0.25) is 0 Å². The highest BCUT2D eigenvalue weighted by Gasteiger charge is 2.26. The number of benzene rings is 2. The Labute approximate surface area is 135 Å². The molecule has 1 saturated heterocycles. The molecule has 0 aliphatic carbocycles. The molecule has 5 heteroatoms. The summed E-state index contributed by atoms with van der Waals surface area (Å²) in [6.07, 6.45) is 5.10. The van der Waals surface area contributed by atoms with Crippen molar-refractivity contribution in [2.45, 2.75) is 18.9 Å². The molecular formula is C18H18N2O2S. The first-order valence-electron chi connectivity index (χ1n) is 7.85. The predicted molar refractivity (Wildman–Crippen MR) is 92.1 cm³/mol. The molecule has 1 fully saturated rings. The number of fused-ring (bicyclic) bond motifs is 1. The van der Waals surface area contributed by atoms with Gasteiger partial charge in [0.1, 0.15) is 15.7 Å². The van der Waals surface area contributed by atoms with Crippen molar-refractivity contribution in [1.82, 2.24) is 9.55 Å². The zero-order chi connectivity index (χ0) is 15.9. The number of hydrogen-bond acceptors (Lipinski definition) is 3. The first kappa shape index (κ1) is 14.5. The van der Waals surface area contributed by atoms with Crippen molar-refractivity contribution < 1.29 is 8.42 Å². The maximum atomic E-state index is 11.7. The molecule has 0 unspecified atom stereocenters. The molecule has 2 aromatic carbocycles. The standard InChI is InChI=1S/C18H18N2O2S/c21-23(22)12-8-15(9-13-23)20-11-10-19-18(20)17-7-3-5-14-4-1-2-6-16(14)17/h1-7,10-11,15H,8-9,12-13H2. The van der Waals surface area contributed by atoms with E-state index in [2.05, 4.69) is 33.8 Å². The summed E-state index contributed by atoms with van der Waals surface area (Å²) in [7, 11) is -2.85. The number of nitrogens with zero attached hydrogens (tertiary/aromatic N) is 2. The highest BCUT2D eigenvalue weighted by Crippen LogP contribution is 2.32. The monoisotopic (exact) mass is 326 g/mol. The van der Waals surface area contributed by atoms with E-state index in [9.17, 15) is 8.42 Å². The van der Waals surface area contributed by atoms with Crippen molar-refractivity contribution in [2.24, 2.45) is 0 Å². The van der Waals surface area contributed by atoms with E-state index < -0.39 is 9.84 Å². The van der Waals surface area contributed by atoms with Gasteiger partial charge in [-0.05, 0) is 23.6 Å². The van der Waals surface area contributed by atoms with Crippen LogP contribution in [0.5, 0.6) is 0 Å². The van der Waals surface area contributed by atoms with Gasteiger partial charge >= 0.3 is 0 Å². The van der Waals surface area contributed by atoms with Crippen molar-refractivity contribution in [3.05, 3.63) is 54.9 Å². The molecule has 1 aliphatic rings. The van der Waals surface area contributed by atoms with Gasteiger partial charge in [0.25, 0.3) is 0 Å². The SMILES string of the molecule is O=S1(=O)CCC(n2ccnc2-c2cccc3ccccc23)CC1. The largest absolute Gasteiger partial charge is 0.328 e. The summed E-state index contributed by atoms with van der Waals surface area (Å²) < 4.78 is 25.5. The van der Waals surface area contributed by atoms with Gasteiger partial charge in [-0.2, -0.15) is 0 Å². The van der Waals surface area contributed by atoms with Crippen LogP contribution in [0.25, 0.3) is 22.2 Å². The summed E-state index contributed by atoms with van der Waals surface area (Å²) in [6, 6.07) is 14.7. The Hall–Kier alpha value is -2.14. The summed E-state index contributed by atoms with van der Waals surface area (Å²) in [5.41, 5.74) is 1.10. The molecule has 0 atom stereocenters. The van der Waals surface area contributed by atoms with E-state index in [1.54, 1.807) is 6.20 Å². The minimum Gasteiger partial charge on any atom is -0.328 e. The van der Waals surface area contributed by atoms with Crippen LogP contribution in [0.15, 0.2) is 54.9 Å². The van der Waals surface area contributed by atoms with E-state index in [0.717, 1.165) is 11.4 Å². The second kappa shape index (κ2) is 5.49. The van der Waals surface area contributed by atoms with Crippen molar-refractivity contribution >= 4 is 20.6 Å². The van der Waals surface area contributed by atoms with E-state index in [-0.39, 0.29) is 17.5 Å². The van der Waals surface area contributed by atoms with Crippen LogP contribution < -0.4 is 0 Å². The second-order valence-electron chi connectivity index (χ2n) is 6.07. The fraction of sp³-hybridized carbons (Fsp3) is 0.278. The number of hydrogen-bond donors (Lipinski definition) is 0. The lowest BCUT2D eigenvalue weighted by molar-refractivity contribution is 0.453. The van der Waals surface area contributed by atoms with Crippen molar-refractivity contribution in [1.29, 1.82) is 0 Å². The molecule has 4 rings (SSSR count). The Kier molecular flexibility index (Phi) is 3.45. The third kappa shape index (κ3) is 2.65. The fourth-order valence-corrected chi connectivity index (χ4v) is 4.86. The highest BCUT2D eigenvalue weighted by molar-refractivity contribution is 7.91. The predicted octanol–water partition coefficient (Wildman–Crippen LogP) is 3.45. The van der Waals surface area contributed by atoms with E-state index >= 15 is 0 Å². The lowest BCUT2D eigenvalue weighted by atomic mass is 10.0. The Morgan fingerprint density at radius 3 is 2.57 bits per heavy atom. The third-order valence-electron chi connectivity index (χ3n) is 4.62. The van der Waals surface area contributed by atoms with Gasteiger partial charge < -0.3 is 4.57 Å². The molecule has 4 nitrogen and oxygen atoms in total. The number of aromatic nitrogens is 2. The second-order valence-corrected chi connectivity index (χ2v) is 8.37. The molecule has 0 radical (unpaired) electrons. The first-order chi connectivity index (χ1) is 11.1. The average Bonchev–Trinajstić information content (AvgIpc) is 3.03. The van der Waals surface area contributed by atoms with Crippen LogP contribution in [-0.4, -0.2) is 29.5 Å². The normalized spacial score (nSPS) is 18.3. The Morgan fingerprint density at radius 2 is 1.74 bits per heavy atom. The maximum absolute atomic E-state index is 11.7. The van der Waals surface area contributed by atoms with Gasteiger partial charge in [0.05, 0.1) is 11.5 Å². The summed E-state index contributed by atoms with van der Waals surface area (Å²) in [5.74, 6) is 1.46. The van der Waals surface area contributed by atoms with Crippen LogP contribution in [0, 0.1) is 0 Å². The van der Waals surface area contributed by atoms with Crippen LogP contribution in [-0.2, 0) is 9.84 Å². The average molecular weight is 326 g/mol. The van der Waals surface area contributed by atoms with Gasteiger partial charge in [-0.1, -0.05) is 42.5 Å². The van der Waals surface area contributed by atoms with Crippen molar-refractivity contribution in [2.75, 3.05) is 11.5 Å². The molecule has 3 aromatic rings. The van der Waals surface area contributed by atoms with E-state index in [1.165, 1.54) is 10.8 Å². The van der Waals surface area contributed by atoms with Gasteiger partial charge in [0.2, 0.25) is 0 Å². The van der Waals surface area contributed by atoms with Crippen LogP contribution in [0.1, 0.15) is 18.9 Å². The van der Waals surface area contributed by atoms with Gasteiger partial charge in [-0.3, -0.25) is 0 Å². The Balaban J connectivity index is 1.78. The molecule has 0 bridgehead atoms. The summed E-state index contributed by atoms with van der Waals surface area (Å²) in [4.78, 5) is 4.56. The van der Waals surface area contributed by atoms with E-state index in [1.807, 2.05) is 24.4 Å². The van der Waals surface area contributed by atoms with Crippen molar-refractivity contribution in [3.8, 4) is 11.4 Å². The quantitative estimate of drug-likeness (QED) is 0.725. The number of imidazole rings is 1. The molecule has 1 aromatic heterocycles. The van der Waals surface area contributed by atoms with Crippen LogP contribution in [0.3, 0.4) is 0 Å². The van der Waals surface area contributed by atoms with Crippen LogP contribution in [0.4, 0.5) is 0 Å².